The van der Waals surface area contributed by atoms with E-state index in [4.69, 9.17) is 9.47 Å². The molecule has 7 heteroatoms. The van der Waals surface area contributed by atoms with Gasteiger partial charge in [0.15, 0.2) is 0 Å². The highest BCUT2D eigenvalue weighted by molar-refractivity contribution is 6.05. The second-order valence-electron chi connectivity index (χ2n) is 5.69. The van der Waals surface area contributed by atoms with Gasteiger partial charge in [-0.1, -0.05) is 12.1 Å². The Bertz CT molecular complexity index is 743. The highest BCUT2D eigenvalue weighted by atomic mass is 16.5. The molecule has 1 aromatic carbocycles. The van der Waals surface area contributed by atoms with Crippen LogP contribution < -0.4 is 4.74 Å². The third-order valence-electron chi connectivity index (χ3n) is 4.13. The second-order valence-corrected chi connectivity index (χ2v) is 5.69. The fourth-order valence-corrected chi connectivity index (χ4v) is 2.82. The van der Waals surface area contributed by atoms with Crippen molar-refractivity contribution in [1.82, 2.24) is 14.9 Å². The molecule has 0 spiro atoms. The molecule has 7 nitrogen and oxygen atoms in total. The summed E-state index contributed by atoms with van der Waals surface area (Å²) in [6.45, 7) is 1.12. The number of nitrogens with zero attached hydrogens (tertiary/aromatic N) is 3. The minimum atomic E-state index is -0.508. The largest absolute Gasteiger partial charge is 0.474 e. The number of piperidine rings is 1. The van der Waals surface area contributed by atoms with Crippen LogP contribution in [0.3, 0.4) is 0 Å². The van der Waals surface area contributed by atoms with Crippen LogP contribution in [0.4, 0.5) is 0 Å². The average Bonchev–Trinajstić information content (AvgIpc) is 2.68. The van der Waals surface area contributed by atoms with E-state index in [-0.39, 0.29) is 17.6 Å². The van der Waals surface area contributed by atoms with Crippen molar-refractivity contribution in [2.75, 3.05) is 20.2 Å². The van der Waals surface area contributed by atoms with Crippen molar-refractivity contribution in [3.8, 4) is 5.88 Å². The molecule has 0 saturated carbocycles. The number of methoxy groups -OCH3 is 1. The number of aromatic nitrogens is 2. The maximum atomic E-state index is 12.8. The average molecular weight is 341 g/mol. The van der Waals surface area contributed by atoms with Gasteiger partial charge in [-0.25, -0.2) is 14.8 Å². The number of carbonyl (C=O) groups is 2. The fourth-order valence-electron chi connectivity index (χ4n) is 2.82. The Morgan fingerprint density at radius 1 is 1.12 bits per heavy atom. The van der Waals surface area contributed by atoms with Crippen molar-refractivity contribution in [2.45, 2.75) is 18.9 Å². The number of esters is 1. The molecular weight excluding hydrogens is 322 g/mol. The van der Waals surface area contributed by atoms with Gasteiger partial charge in [0.1, 0.15) is 12.4 Å². The van der Waals surface area contributed by atoms with Crippen LogP contribution in [-0.2, 0) is 4.74 Å². The Kier molecular flexibility index (Phi) is 5.23. The van der Waals surface area contributed by atoms with Crippen molar-refractivity contribution in [1.29, 1.82) is 0 Å². The zero-order valence-electron chi connectivity index (χ0n) is 13.9. The zero-order valence-corrected chi connectivity index (χ0v) is 13.9. The van der Waals surface area contributed by atoms with E-state index in [1.165, 1.54) is 13.4 Å². The second kappa shape index (κ2) is 7.74. The minimum Gasteiger partial charge on any atom is -0.474 e. The molecule has 2 aromatic rings. The normalized spacial score (nSPS) is 14.8. The lowest BCUT2D eigenvalue weighted by molar-refractivity contribution is 0.0552. The Labute approximate surface area is 145 Å². The third-order valence-corrected chi connectivity index (χ3v) is 4.13. The first-order valence-corrected chi connectivity index (χ1v) is 8.08. The summed E-state index contributed by atoms with van der Waals surface area (Å²) < 4.78 is 10.6. The van der Waals surface area contributed by atoms with Crippen LogP contribution in [-0.4, -0.2) is 53.0 Å². The van der Waals surface area contributed by atoms with E-state index in [2.05, 4.69) is 9.97 Å². The van der Waals surface area contributed by atoms with Gasteiger partial charge in [-0.2, -0.15) is 0 Å². The van der Waals surface area contributed by atoms with Gasteiger partial charge in [0.25, 0.3) is 5.91 Å². The molecule has 130 valence electrons. The van der Waals surface area contributed by atoms with Crippen molar-refractivity contribution >= 4 is 11.9 Å². The number of rotatable bonds is 4. The first kappa shape index (κ1) is 16.9. The van der Waals surface area contributed by atoms with Gasteiger partial charge in [-0.15, -0.1) is 0 Å². The van der Waals surface area contributed by atoms with Crippen molar-refractivity contribution < 1.29 is 19.1 Å². The molecule has 1 aromatic heterocycles. The summed E-state index contributed by atoms with van der Waals surface area (Å²) in [7, 11) is 1.31. The predicted molar refractivity (Wildman–Crippen MR) is 89.4 cm³/mol. The predicted octanol–water partition coefficient (Wildman–Crippen LogP) is 1.95. The molecule has 1 aliphatic rings. The summed E-state index contributed by atoms with van der Waals surface area (Å²) in [6, 6.07) is 8.42. The number of hydrogen-bond donors (Lipinski definition) is 0. The van der Waals surface area contributed by atoms with E-state index >= 15 is 0 Å². The van der Waals surface area contributed by atoms with E-state index in [1.807, 2.05) is 0 Å². The molecule has 0 unspecified atom stereocenters. The molecule has 0 N–H and O–H groups in total. The highest BCUT2D eigenvalue weighted by Gasteiger charge is 2.27. The number of likely N-dealkylation sites (tertiary alicyclic amines) is 1. The van der Waals surface area contributed by atoms with E-state index < -0.39 is 5.97 Å². The van der Waals surface area contributed by atoms with Crippen LogP contribution in [0.2, 0.25) is 0 Å². The Balaban J connectivity index is 1.63. The quantitative estimate of drug-likeness (QED) is 0.791. The van der Waals surface area contributed by atoms with Crippen LogP contribution in [0.25, 0.3) is 0 Å². The van der Waals surface area contributed by atoms with Crippen molar-refractivity contribution in [3.05, 3.63) is 54.0 Å². The molecule has 0 radical (unpaired) electrons. The molecule has 1 fully saturated rings. The standard InChI is InChI=1S/C18H19N3O4/c1-24-18(23)15-5-3-2-4-14(15)17(22)21-10-7-13(8-11-21)25-16-6-9-19-12-20-16/h2-6,9,12-13H,7-8,10-11H2,1H3. The van der Waals surface area contributed by atoms with Crippen LogP contribution in [0.5, 0.6) is 5.88 Å². The lowest BCUT2D eigenvalue weighted by Crippen LogP contribution is -2.42. The van der Waals surface area contributed by atoms with E-state index in [0.717, 1.165) is 0 Å². The molecule has 25 heavy (non-hydrogen) atoms. The lowest BCUT2D eigenvalue weighted by atomic mass is 10.0. The molecule has 0 aliphatic carbocycles. The van der Waals surface area contributed by atoms with E-state index in [1.54, 1.807) is 41.4 Å². The maximum Gasteiger partial charge on any atom is 0.338 e. The van der Waals surface area contributed by atoms with Crippen molar-refractivity contribution in [3.63, 3.8) is 0 Å². The van der Waals surface area contributed by atoms with Crippen LogP contribution in [0.1, 0.15) is 33.6 Å². The van der Waals surface area contributed by atoms with Gasteiger partial charge in [-0.3, -0.25) is 4.79 Å². The number of ether oxygens (including phenoxy) is 2. The topological polar surface area (TPSA) is 81.6 Å². The van der Waals surface area contributed by atoms with Gasteiger partial charge >= 0.3 is 5.97 Å². The van der Waals surface area contributed by atoms with E-state index in [9.17, 15) is 9.59 Å². The van der Waals surface area contributed by atoms with Gasteiger partial charge in [0.05, 0.1) is 18.2 Å². The smallest absolute Gasteiger partial charge is 0.338 e. The highest BCUT2D eigenvalue weighted by Crippen LogP contribution is 2.20. The summed E-state index contributed by atoms with van der Waals surface area (Å²) >= 11 is 0. The summed E-state index contributed by atoms with van der Waals surface area (Å²) in [5, 5.41) is 0. The Morgan fingerprint density at radius 2 is 1.84 bits per heavy atom. The molecular formula is C18H19N3O4. The van der Waals surface area contributed by atoms with Crippen LogP contribution in [0.15, 0.2) is 42.9 Å². The molecule has 0 atom stereocenters. The Morgan fingerprint density at radius 3 is 2.48 bits per heavy atom. The van der Waals surface area contributed by atoms with E-state index in [0.29, 0.717) is 37.4 Å². The number of hydrogen-bond acceptors (Lipinski definition) is 6. The SMILES string of the molecule is COC(=O)c1ccccc1C(=O)N1CCC(Oc2ccncn2)CC1. The Hall–Kier alpha value is -2.96. The molecule has 1 saturated heterocycles. The summed E-state index contributed by atoms with van der Waals surface area (Å²) in [6.07, 6.45) is 4.49. The molecule has 3 rings (SSSR count). The fraction of sp³-hybridized carbons (Fsp3) is 0.333. The first-order chi connectivity index (χ1) is 12.2. The monoisotopic (exact) mass is 341 g/mol. The zero-order chi connectivity index (χ0) is 17.6. The van der Waals surface area contributed by atoms with Crippen LogP contribution in [0, 0.1) is 0 Å². The number of benzene rings is 1. The number of amides is 1. The van der Waals surface area contributed by atoms with Gasteiger partial charge < -0.3 is 14.4 Å². The molecule has 2 heterocycles. The molecule has 1 aliphatic heterocycles. The number of carbonyl (C=O) groups excluding carboxylic acids is 2. The maximum absolute atomic E-state index is 12.8. The first-order valence-electron chi connectivity index (χ1n) is 8.08. The summed E-state index contributed by atoms with van der Waals surface area (Å²) in [4.78, 5) is 34.3. The molecule has 1 amide bonds. The molecule has 0 bridgehead atoms. The van der Waals surface area contributed by atoms with Gasteiger partial charge in [-0.05, 0) is 12.1 Å². The van der Waals surface area contributed by atoms with Gasteiger partial charge in [0.2, 0.25) is 5.88 Å². The van der Waals surface area contributed by atoms with Gasteiger partial charge in [0, 0.05) is 38.2 Å². The minimum absolute atomic E-state index is 0.00907. The lowest BCUT2D eigenvalue weighted by Gasteiger charge is -2.32. The summed E-state index contributed by atoms with van der Waals surface area (Å²) in [5.41, 5.74) is 0.652. The van der Waals surface area contributed by atoms with Crippen LogP contribution >= 0.6 is 0 Å². The van der Waals surface area contributed by atoms with Crippen molar-refractivity contribution in [2.24, 2.45) is 0 Å². The third kappa shape index (κ3) is 3.93. The summed E-state index contributed by atoms with van der Waals surface area (Å²) in [5.74, 6) is -0.136.